The second-order valence-corrected chi connectivity index (χ2v) is 8.60. The van der Waals surface area contributed by atoms with Gasteiger partial charge in [0.1, 0.15) is 17.3 Å². The molecule has 0 atom stereocenters. The molecule has 1 aromatic carbocycles. The summed E-state index contributed by atoms with van der Waals surface area (Å²) in [6.07, 6.45) is 3.57. The first-order valence-corrected chi connectivity index (χ1v) is 11.5. The fraction of sp³-hybridized carbons (Fsp3) is 0.273. The first-order chi connectivity index (χ1) is 16.4. The summed E-state index contributed by atoms with van der Waals surface area (Å²) in [4.78, 5) is 29.9. The van der Waals surface area contributed by atoms with Gasteiger partial charge in [-0.3, -0.25) is 20.3 Å². The third kappa shape index (κ3) is 3.96. The number of thioether (sulfide) groups is 1. The van der Waals surface area contributed by atoms with Crippen LogP contribution in [0.2, 0.25) is 0 Å². The minimum atomic E-state index is -0.563. The van der Waals surface area contributed by atoms with Gasteiger partial charge in [0.25, 0.3) is 11.6 Å². The van der Waals surface area contributed by atoms with Crippen molar-refractivity contribution in [1.29, 1.82) is 5.41 Å². The topological polar surface area (TPSA) is 138 Å². The average molecular weight is 481 g/mol. The number of carbonyl (C=O) groups is 1. The van der Waals surface area contributed by atoms with Gasteiger partial charge < -0.3 is 14.1 Å². The van der Waals surface area contributed by atoms with Gasteiger partial charge in [-0.15, -0.1) is 5.10 Å². The lowest BCUT2D eigenvalue weighted by molar-refractivity contribution is -0.384. The van der Waals surface area contributed by atoms with E-state index in [1.807, 2.05) is 0 Å². The van der Waals surface area contributed by atoms with Gasteiger partial charge in [0, 0.05) is 13.1 Å². The molecule has 0 bridgehead atoms. The van der Waals surface area contributed by atoms with Gasteiger partial charge in [0.2, 0.25) is 5.17 Å². The number of nitrogens with one attached hydrogen (secondary N) is 1. The third-order valence-corrected chi connectivity index (χ3v) is 6.45. The zero-order chi connectivity index (χ0) is 23.8. The maximum absolute atomic E-state index is 12.7. The van der Waals surface area contributed by atoms with Crippen LogP contribution in [0.4, 0.5) is 5.69 Å². The molecule has 12 heteroatoms. The van der Waals surface area contributed by atoms with Crippen LogP contribution >= 0.6 is 11.8 Å². The molecular weight excluding hydrogens is 460 g/mol. The zero-order valence-electron chi connectivity index (χ0n) is 18.2. The predicted molar refractivity (Wildman–Crippen MR) is 128 cm³/mol. The Morgan fingerprint density at radius 3 is 2.79 bits per heavy atom. The molecule has 1 saturated heterocycles. The van der Waals surface area contributed by atoms with Crippen LogP contribution in [0.15, 0.2) is 50.4 Å². The minimum absolute atomic E-state index is 0.0258. The predicted octanol–water partition coefficient (Wildman–Crippen LogP) is 3.93. The van der Waals surface area contributed by atoms with Crippen LogP contribution < -0.4 is 4.74 Å². The van der Waals surface area contributed by atoms with E-state index in [9.17, 15) is 14.9 Å². The minimum Gasteiger partial charge on any atom is -0.494 e. The number of amides is 1. The van der Waals surface area contributed by atoms with Crippen LogP contribution in [0.1, 0.15) is 25.5 Å². The number of aliphatic imine (C=N–C) groups is 1. The van der Waals surface area contributed by atoms with Crippen LogP contribution in [-0.4, -0.2) is 56.6 Å². The van der Waals surface area contributed by atoms with Crippen LogP contribution in [0.5, 0.6) is 5.75 Å². The first-order valence-electron chi connectivity index (χ1n) is 10.7. The normalized spacial score (nSPS) is 18.9. The average Bonchev–Trinajstić information content (AvgIpc) is 3.57. The van der Waals surface area contributed by atoms with Crippen LogP contribution in [0, 0.1) is 15.5 Å². The molecule has 1 amide bonds. The number of furan rings is 1. The van der Waals surface area contributed by atoms with E-state index < -0.39 is 10.8 Å². The van der Waals surface area contributed by atoms with Gasteiger partial charge >= 0.3 is 0 Å². The van der Waals surface area contributed by atoms with E-state index in [4.69, 9.17) is 14.6 Å². The number of hydrogen-bond acceptors (Lipinski definition) is 9. The molecule has 1 aromatic heterocycles. The monoisotopic (exact) mass is 480 g/mol. The van der Waals surface area contributed by atoms with Crippen molar-refractivity contribution in [3.05, 3.63) is 51.8 Å². The lowest BCUT2D eigenvalue weighted by Gasteiger charge is -2.19. The maximum atomic E-state index is 12.7. The molecule has 0 aliphatic carbocycles. The van der Waals surface area contributed by atoms with Crippen LogP contribution in [-0.2, 0) is 4.79 Å². The number of likely N-dealkylation sites (tertiary alicyclic amines) is 1. The van der Waals surface area contributed by atoms with Gasteiger partial charge in [-0.25, -0.2) is 0 Å². The molecule has 1 N–H and O–H groups in total. The Balaban J connectivity index is 1.43. The van der Waals surface area contributed by atoms with Crippen LogP contribution in [0.3, 0.4) is 0 Å². The summed E-state index contributed by atoms with van der Waals surface area (Å²) in [7, 11) is 0. The molecule has 3 aliphatic heterocycles. The van der Waals surface area contributed by atoms with Crippen molar-refractivity contribution in [3.8, 4) is 17.1 Å². The Kier molecular flexibility index (Phi) is 5.65. The maximum Gasteiger partial charge on any atom is 0.284 e. The van der Waals surface area contributed by atoms with Gasteiger partial charge in [-0.2, -0.15) is 10.0 Å². The molecule has 5 rings (SSSR count). The second kappa shape index (κ2) is 8.78. The summed E-state index contributed by atoms with van der Waals surface area (Å²) >= 11 is 1.28. The number of carbonyl (C=O) groups excluding carboxylic acids is 1. The van der Waals surface area contributed by atoms with Crippen molar-refractivity contribution in [1.82, 2.24) is 9.91 Å². The molecular formula is C22H20N6O5S. The fourth-order valence-electron chi connectivity index (χ4n) is 3.86. The number of fused-ring (bicyclic) bond motifs is 1. The Hall–Kier alpha value is -3.93. The number of rotatable bonds is 5. The number of benzene rings is 1. The third-order valence-electron chi connectivity index (χ3n) is 5.48. The van der Waals surface area contributed by atoms with E-state index in [0.717, 1.165) is 31.1 Å². The van der Waals surface area contributed by atoms with Crippen molar-refractivity contribution < 1.29 is 18.9 Å². The number of nitro groups is 1. The summed E-state index contributed by atoms with van der Waals surface area (Å²) in [5.41, 5.74) is 0.144. The summed E-state index contributed by atoms with van der Waals surface area (Å²) in [6.45, 7) is 3.97. The quantitative estimate of drug-likeness (QED) is 0.386. The van der Waals surface area contributed by atoms with E-state index in [2.05, 4.69) is 15.0 Å². The molecule has 34 heavy (non-hydrogen) atoms. The molecule has 174 valence electrons. The summed E-state index contributed by atoms with van der Waals surface area (Å²) in [6, 6.07) is 7.69. The van der Waals surface area contributed by atoms with Crippen molar-refractivity contribution in [3.63, 3.8) is 0 Å². The summed E-state index contributed by atoms with van der Waals surface area (Å²) < 4.78 is 11.1. The summed E-state index contributed by atoms with van der Waals surface area (Å²) in [5, 5.41) is 27.0. The van der Waals surface area contributed by atoms with Gasteiger partial charge in [0.05, 0.1) is 28.7 Å². The highest BCUT2D eigenvalue weighted by molar-refractivity contribution is 8.26. The van der Waals surface area contributed by atoms with E-state index >= 15 is 0 Å². The molecule has 0 radical (unpaired) electrons. The molecule has 2 aromatic rings. The molecule has 1 fully saturated rings. The Labute approximate surface area is 198 Å². The van der Waals surface area contributed by atoms with Gasteiger partial charge in [-0.05, 0) is 61.9 Å². The van der Waals surface area contributed by atoms with Crippen molar-refractivity contribution in [2.45, 2.75) is 19.8 Å². The number of ether oxygens (including phenoxy) is 1. The molecule has 0 saturated carbocycles. The van der Waals surface area contributed by atoms with Gasteiger partial charge in [0.15, 0.2) is 11.0 Å². The molecule has 3 aliphatic rings. The highest BCUT2D eigenvalue weighted by Gasteiger charge is 2.38. The molecule has 0 unspecified atom stereocenters. The number of nitro benzene ring substituents is 1. The number of amidine groups is 3. The zero-order valence-corrected chi connectivity index (χ0v) is 19.0. The Bertz CT molecular complexity index is 1290. The highest BCUT2D eigenvalue weighted by atomic mass is 32.2. The van der Waals surface area contributed by atoms with Crippen molar-refractivity contribution in [2.24, 2.45) is 10.1 Å². The standard InChI is InChI=1S/C22H20N6O5S/c1-2-32-13-5-7-15(17(12-13)28(30)31)18-8-6-14(33-18)11-16-19(23)27-21(24-20(16)29)34-22(25-27)26-9-3-4-10-26/h5-8,11-12,23H,2-4,9-10H2,1H3/b16-11-,23-19?. The van der Waals surface area contributed by atoms with E-state index in [0.29, 0.717) is 17.5 Å². The Morgan fingerprint density at radius 1 is 1.26 bits per heavy atom. The number of hydrogen-bond donors (Lipinski definition) is 1. The first kappa shape index (κ1) is 21.9. The smallest absolute Gasteiger partial charge is 0.284 e. The number of hydrazone groups is 1. The van der Waals surface area contributed by atoms with Gasteiger partial charge in [-0.1, -0.05) is 0 Å². The highest BCUT2D eigenvalue weighted by Crippen LogP contribution is 2.35. The van der Waals surface area contributed by atoms with Crippen LogP contribution in [0.25, 0.3) is 17.4 Å². The fourth-order valence-corrected chi connectivity index (χ4v) is 4.81. The van der Waals surface area contributed by atoms with E-state index in [-0.39, 0.29) is 34.2 Å². The molecule has 4 heterocycles. The molecule has 11 nitrogen and oxygen atoms in total. The largest absolute Gasteiger partial charge is 0.494 e. The second-order valence-electron chi connectivity index (χ2n) is 7.67. The molecule has 0 spiro atoms. The number of nitrogens with zero attached hydrogens (tertiary/aromatic N) is 5. The summed E-state index contributed by atoms with van der Waals surface area (Å²) in [5.74, 6) is 0.250. The van der Waals surface area contributed by atoms with E-state index in [1.54, 1.807) is 31.2 Å². The lowest BCUT2D eigenvalue weighted by Crippen LogP contribution is -2.35. The lowest BCUT2D eigenvalue weighted by atomic mass is 10.1. The Morgan fingerprint density at radius 2 is 2.06 bits per heavy atom. The van der Waals surface area contributed by atoms with Crippen molar-refractivity contribution in [2.75, 3.05) is 19.7 Å². The van der Waals surface area contributed by atoms with Crippen molar-refractivity contribution >= 4 is 45.6 Å². The SMILES string of the molecule is CCOc1ccc(-c2ccc(/C=C3/C(=N)N4N=C(N5CCCC5)SC4=NC3=O)o2)c([N+](=O)[O-])c1. The van der Waals surface area contributed by atoms with E-state index in [1.165, 1.54) is 28.9 Å².